The van der Waals surface area contributed by atoms with Crippen LogP contribution in [0, 0.1) is 5.82 Å². The molecule has 1 aliphatic rings. The summed E-state index contributed by atoms with van der Waals surface area (Å²) in [5, 5.41) is 5.10. The normalized spacial score (nSPS) is 15.9. The van der Waals surface area contributed by atoms with E-state index >= 15 is 0 Å². The molecule has 180 valence electrons. The molecule has 7 heteroatoms. The van der Waals surface area contributed by atoms with Crippen LogP contribution in [0.2, 0.25) is 0 Å². The Hall–Kier alpha value is -4.26. The summed E-state index contributed by atoms with van der Waals surface area (Å²) < 4.78 is 21.3. The molecule has 0 N–H and O–H groups in total. The minimum atomic E-state index is -0.348. The van der Waals surface area contributed by atoms with Gasteiger partial charge in [-0.05, 0) is 42.7 Å². The number of hydrogen-bond acceptors (Lipinski definition) is 4. The van der Waals surface area contributed by atoms with Crippen molar-refractivity contribution in [3.05, 3.63) is 108 Å². The Balaban J connectivity index is 1.27. The van der Waals surface area contributed by atoms with Gasteiger partial charge in [-0.1, -0.05) is 65.8 Å². The number of amides is 1. The van der Waals surface area contributed by atoms with Crippen molar-refractivity contribution < 1.29 is 13.7 Å². The van der Waals surface area contributed by atoms with Gasteiger partial charge in [0.25, 0.3) is 5.91 Å². The quantitative estimate of drug-likeness (QED) is 0.314. The van der Waals surface area contributed by atoms with Crippen LogP contribution in [-0.2, 0) is 6.54 Å². The van der Waals surface area contributed by atoms with Crippen LogP contribution in [0.4, 0.5) is 4.39 Å². The topological polar surface area (TPSA) is 64.2 Å². The van der Waals surface area contributed by atoms with Gasteiger partial charge in [0.15, 0.2) is 0 Å². The number of nitrogens with zero attached hydrogens (tertiary/aromatic N) is 4. The summed E-state index contributed by atoms with van der Waals surface area (Å²) in [6.45, 7) is 1.79. The third kappa shape index (κ3) is 4.28. The second-order valence-electron chi connectivity index (χ2n) is 9.22. The van der Waals surface area contributed by atoms with Crippen molar-refractivity contribution in [2.75, 3.05) is 13.1 Å². The van der Waals surface area contributed by atoms with Crippen LogP contribution in [-0.4, -0.2) is 38.6 Å². The average molecular weight is 481 g/mol. The summed E-state index contributed by atoms with van der Waals surface area (Å²) in [5.41, 5.74) is 3.42. The Labute approximate surface area is 208 Å². The predicted octanol–water partition coefficient (Wildman–Crippen LogP) is 5.90. The second kappa shape index (κ2) is 9.41. The van der Waals surface area contributed by atoms with Crippen molar-refractivity contribution >= 4 is 16.8 Å². The Morgan fingerprint density at radius 1 is 1.00 bits per heavy atom. The molecule has 5 aromatic rings. The SMILES string of the molecule is O=C(c1cc2ccccc2n1Cc1ccccc1)N1CCCC(c2nc(-c3cccc(F)c3)no2)C1. The minimum absolute atomic E-state index is 0.00306. The van der Waals surface area contributed by atoms with E-state index in [9.17, 15) is 9.18 Å². The van der Waals surface area contributed by atoms with Crippen LogP contribution in [0.25, 0.3) is 22.3 Å². The van der Waals surface area contributed by atoms with Gasteiger partial charge in [-0.3, -0.25) is 4.79 Å². The lowest BCUT2D eigenvalue weighted by Gasteiger charge is -2.31. The summed E-state index contributed by atoms with van der Waals surface area (Å²) in [6.07, 6.45) is 1.69. The zero-order valence-corrected chi connectivity index (χ0v) is 19.7. The zero-order valence-electron chi connectivity index (χ0n) is 19.7. The van der Waals surface area contributed by atoms with Crippen molar-refractivity contribution in [2.45, 2.75) is 25.3 Å². The first-order chi connectivity index (χ1) is 17.7. The summed E-state index contributed by atoms with van der Waals surface area (Å²) >= 11 is 0. The fourth-order valence-corrected chi connectivity index (χ4v) is 4.99. The van der Waals surface area contributed by atoms with E-state index < -0.39 is 0 Å². The highest BCUT2D eigenvalue weighted by Crippen LogP contribution is 2.30. The van der Waals surface area contributed by atoms with Gasteiger partial charge in [-0.2, -0.15) is 4.98 Å². The van der Waals surface area contributed by atoms with Gasteiger partial charge in [0.2, 0.25) is 11.7 Å². The number of rotatable bonds is 5. The molecular weight excluding hydrogens is 455 g/mol. The van der Waals surface area contributed by atoms with Gasteiger partial charge in [0.05, 0.1) is 5.92 Å². The molecule has 3 aromatic carbocycles. The Morgan fingerprint density at radius 3 is 2.69 bits per heavy atom. The number of para-hydroxylation sites is 1. The minimum Gasteiger partial charge on any atom is -0.339 e. The molecule has 1 aliphatic heterocycles. The number of hydrogen-bond donors (Lipinski definition) is 0. The molecule has 0 radical (unpaired) electrons. The molecule has 1 amide bonds. The van der Waals surface area contributed by atoms with Gasteiger partial charge in [-0.25, -0.2) is 4.39 Å². The molecule has 6 rings (SSSR count). The lowest BCUT2D eigenvalue weighted by molar-refractivity contribution is 0.0685. The highest BCUT2D eigenvalue weighted by atomic mass is 19.1. The molecule has 0 spiro atoms. The van der Waals surface area contributed by atoms with Crippen molar-refractivity contribution in [3.8, 4) is 11.4 Å². The molecule has 3 heterocycles. The average Bonchev–Trinajstić information content (AvgIpc) is 3.55. The fourth-order valence-electron chi connectivity index (χ4n) is 4.99. The number of carbonyl (C=O) groups is 1. The largest absolute Gasteiger partial charge is 0.339 e. The molecule has 1 atom stereocenters. The van der Waals surface area contributed by atoms with Crippen LogP contribution in [0.15, 0.2) is 89.5 Å². The predicted molar refractivity (Wildman–Crippen MR) is 135 cm³/mol. The molecule has 1 saturated heterocycles. The molecule has 1 fully saturated rings. The van der Waals surface area contributed by atoms with Crippen molar-refractivity contribution in [1.82, 2.24) is 19.6 Å². The van der Waals surface area contributed by atoms with Crippen LogP contribution in [0.5, 0.6) is 0 Å². The maximum atomic E-state index is 13.8. The van der Waals surface area contributed by atoms with Crippen molar-refractivity contribution in [2.24, 2.45) is 0 Å². The maximum absolute atomic E-state index is 13.8. The molecule has 1 unspecified atom stereocenters. The summed E-state index contributed by atoms with van der Waals surface area (Å²) in [6, 6.07) is 26.4. The van der Waals surface area contributed by atoms with E-state index in [0.29, 0.717) is 42.6 Å². The third-order valence-electron chi connectivity index (χ3n) is 6.80. The Kier molecular flexibility index (Phi) is 5.81. The Morgan fingerprint density at radius 2 is 1.83 bits per heavy atom. The number of likely N-dealkylation sites (tertiary alicyclic amines) is 1. The fraction of sp³-hybridized carbons (Fsp3) is 0.207. The highest BCUT2D eigenvalue weighted by Gasteiger charge is 2.31. The van der Waals surface area contributed by atoms with Crippen LogP contribution in [0.3, 0.4) is 0 Å². The number of piperidine rings is 1. The first kappa shape index (κ1) is 22.2. The molecule has 6 nitrogen and oxygen atoms in total. The maximum Gasteiger partial charge on any atom is 0.270 e. The lowest BCUT2D eigenvalue weighted by atomic mass is 9.97. The zero-order chi connectivity index (χ0) is 24.5. The van der Waals surface area contributed by atoms with Gasteiger partial charge in [-0.15, -0.1) is 0 Å². The first-order valence-electron chi connectivity index (χ1n) is 12.2. The van der Waals surface area contributed by atoms with E-state index in [-0.39, 0.29) is 17.6 Å². The molecule has 0 bridgehead atoms. The van der Waals surface area contributed by atoms with Gasteiger partial charge in [0, 0.05) is 36.1 Å². The molecular formula is C29H25FN4O2. The van der Waals surface area contributed by atoms with Crippen LogP contribution in [0.1, 0.15) is 40.7 Å². The molecule has 0 aliphatic carbocycles. The summed E-state index contributed by atoms with van der Waals surface area (Å²) in [4.78, 5) is 20.2. The molecule has 0 saturated carbocycles. The van der Waals surface area contributed by atoms with Crippen molar-refractivity contribution in [1.29, 1.82) is 0 Å². The second-order valence-corrected chi connectivity index (χ2v) is 9.22. The van der Waals surface area contributed by atoms with Gasteiger partial charge >= 0.3 is 0 Å². The highest BCUT2D eigenvalue weighted by molar-refractivity contribution is 5.99. The van der Waals surface area contributed by atoms with E-state index in [4.69, 9.17) is 4.52 Å². The lowest BCUT2D eigenvalue weighted by Crippen LogP contribution is -2.40. The van der Waals surface area contributed by atoms with E-state index in [0.717, 1.165) is 29.3 Å². The van der Waals surface area contributed by atoms with E-state index in [1.807, 2.05) is 47.4 Å². The Bertz CT molecular complexity index is 1520. The molecule has 2 aromatic heterocycles. The third-order valence-corrected chi connectivity index (χ3v) is 6.80. The van der Waals surface area contributed by atoms with Gasteiger partial charge < -0.3 is 14.0 Å². The van der Waals surface area contributed by atoms with E-state index in [1.54, 1.807) is 12.1 Å². The molecule has 36 heavy (non-hydrogen) atoms. The summed E-state index contributed by atoms with van der Waals surface area (Å²) in [7, 11) is 0. The number of halogens is 1. The number of carbonyl (C=O) groups excluding carboxylic acids is 1. The van der Waals surface area contributed by atoms with Crippen LogP contribution >= 0.6 is 0 Å². The standard InChI is InChI=1S/C29H25FN4O2/c30-24-13-6-11-22(16-24)27-31-28(36-32-27)23-12-7-15-33(19-23)29(35)26-17-21-10-4-5-14-25(21)34(26)18-20-8-2-1-3-9-20/h1-6,8-11,13-14,16-17,23H,7,12,15,18-19H2. The summed E-state index contributed by atoms with van der Waals surface area (Å²) in [5.74, 6) is 0.424. The monoisotopic (exact) mass is 480 g/mol. The number of aromatic nitrogens is 3. The van der Waals surface area contributed by atoms with Crippen molar-refractivity contribution in [3.63, 3.8) is 0 Å². The number of benzene rings is 3. The van der Waals surface area contributed by atoms with Gasteiger partial charge in [0.1, 0.15) is 11.5 Å². The smallest absolute Gasteiger partial charge is 0.270 e. The van der Waals surface area contributed by atoms with E-state index in [2.05, 4.69) is 32.9 Å². The first-order valence-corrected chi connectivity index (χ1v) is 12.2. The number of fused-ring (bicyclic) bond motifs is 1. The van der Waals surface area contributed by atoms with Crippen LogP contribution < -0.4 is 0 Å². The van der Waals surface area contributed by atoms with E-state index in [1.165, 1.54) is 12.1 Å².